The van der Waals surface area contributed by atoms with Crippen LogP contribution < -0.4 is 10.4 Å². The third-order valence-electron chi connectivity index (χ3n) is 19.1. The van der Waals surface area contributed by atoms with Gasteiger partial charge in [-0.25, -0.2) is 0 Å². The van der Waals surface area contributed by atoms with Crippen LogP contribution in [0.2, 0.25) is 0 Å². The summed E-state index contributed by atoms with van der Waals surface area (Å²) in [6, 6.07) is 46.3. The van der Waals surface area contributed by atoms with Gasteiger partial charge in [-0.15, -0.1) is 0 Å². The van der Waals surface area contributed by atoms with Crippen LogP contribution in [0.1, 0.15) is 153 Å². The van der Waals surface area contributed by atoms with Crippen molar-refractivity contribution in [3.63, 3.8) is 0 Å². The number of para-hydroxylation sites is 1. The SMILES string of the molecule is CC1(C)CCC(C)(C)c2cc(N3C4=C(B5c6c3cc3c(c6-c6cccc7c8c9ccccc9ccc8n5c67)-c5ccccc5C3(C)C)C(C)(C)c3cc5c(cc34)C(C)(C)CCC5(C)C)ccc21. The summed E-state index contributed by atoms with van der Waals surface area (Å²) in [5.74, 6) is 0. The zero-order chi connectivity index (χ0) is 46.3. The molecule has 0 radical (unpaired) electrons. The maximum atomic E-state index is 2.84. The van der Waals surface area contributed by atoms with E-state index < -0.39 is 0 Å². The van der Waals surface area contributed by atoms with Crippen molar-refractivity contribution in [2.45, 2.75) is 141 Å². The summed E-state index contributed by atoms with van der Waals surface area (Å²) in [6.45, 7) is 30.0. The molecule has 2 nitrogen and oxygen atoms in total. The Kier molecular flexibility index (Phi) is 7.37. The molecule has 8 aromatic rings. The Morgan fingerprint density at radius 2 is 1.07 bits per heavy atom. The maximum absolute atomic E-state index is 2.84. The van der Waals surface area contributed by atoms with Gasteiger partial charge in [0.1, 0.15) is 0 Å². The van der Waals surface area contributed by atoms with Crippen LogP contribution in [0.5, 0.6) is 0 Å². The summed E-state index contributed by atoms with van der Waals surface area (Å²) in [7, 11) is 0. The van der Waals surface area contributed by atoms with Crippen molar-refractivity contribution in [1.29, 1.82) is 0 Å². The van der Waals surface area contributed by atoms with Crippen molar-refractivity contribution >= 4 is 62.0 Å². The second kappa shape index (κ2) is 12.3. The number of benzene rings is 7. The van der Waals surface area contributed by atoms with Gasteiger partial charge in [0.25, 0.3) is 0 Å². The average molecular weight is 871 g/mol. The lowest BCUT2D eigenvalue weighted by molar-refractivity contribution is 0.331. The first-order valence-electron chi connectivity index (χ1n) is 25.4. The number of nitrogens with zero attached hydrogens (tertiary/aromatic N) is 2. The topological polar surface area (TPSA) is 8.17 Å². The van der Waals surface area contributed by atoms with Crippen LogP contribution in [0, 0.1) is 0 Å². The standard InChI is InChI=1S/C64H63BN2/c1-59(2)28-29-60(3,4)46-32-37(25-26-44(46)59)66-51-35-49-53(39-20-15-16-23-43(39)63(49,9)10)54-41-22-17-21-40-52-38-19-14-13-18-36(38)24-27-50(52)67(56(40)41)65(55(51)54)58-57(66)42-33-47-48(34-45(42)64(58,11)12)62(7,8)31-30-61(47,5)6/h13-27,32-35H,28-31H2,1-12H3. The van der Waals surface area contributed by atoms with E-state index in [4.69, 9.17) is 0 Å². The van der Waals surface area contributed by atoms with E-state index >= 15 is 0 Å². The van der Waals surface area contributed by atoms with E-state index in [1.165, 1.54) is 147 Å². The normalized spacial score (nSPS) is 20.9. The molecule has 0 saturated carbocycles. The molecule has 0 fully saturated rings. The van der Waals surface area contributed by atoms with Gasteiger partial charge in [-0.3, -0.25) is 0 Å². The van der Waals surface area contributed by atoms with Gasteiger partial charge in [0.2, 0.25) is 0 Å². The second-order valence-corrected chi connectivity index (χ2v) is 25.4. The zero-order valence-electron chi connectivity index (χ0n) is 41.8. The Morgan fingerprint density at radius 3 is 1.82 bits per heavy atom. The minimum absolute atomic E-state index is 0.0260. The van der Waals surface area contributed by atoms with Crippen molar-refractivity contribution < 1.29 is 0 Å². The van der Waals surface area contributed by atoms with Gasteiger partial charge < -0.3 is 9.38 Å². The molecule has 7 aromatic carbocycles. The first-order chi connectivity index (χ1) is 31.7. The number of rotatable bonds is 1. The Bertz CT molecular complexity index is 3650. The fourth-order valence-electron chi connectivity index (χ4n) is 15.1. The number of fused-ring (bicyclic) bond motifs is 16. The van der Waals surface area contributed by atoms with Crippen LogP contribution >= 0.6 is 0 Å². The highest BCUT2D eigenvalue weighted by molar-refractivity contribution is 6.86. The summed E-state index contributed by atoms with van der Waals surface area (Å²) in [4.78, 5) is 2.81. The number of hydrogen-bond donors (Lipinski definition) is 0. The molecule has 14 rings (SSSR count). The van der Waals surface area contributed by atoms with Gasteiger partial charge in [-0.1, -0.05) is 168 Å². The van der Waals surface area contributed by atoms with E-state index in [1.54, 1.807) is 5.56 Å². The lowest BCUT2D eigenvalue weighted by Gasteiger charge is -2.45. The minimum atomic E-state index is -0.285. The molecule has 2 aliphatic heterocycles. The quantitative estimate of drug-likeness (QED) is 0.149. The van der Waals surface area contributed by atoms with E-state index in [-0.39, 0.29) is 39.3 Å². The van der Waals surface area contributed by atoms with Crippen molar-refractivity contribution in [3.8, 4) is 22.3 Å². The van der Waals surface area contributed by atoms with Crippen LogP contribution in [-0.2, 0) is 32.5 Å². The zero-order valence-corrected chi connectivity index (χ0v) is 41.8. The van der Waals surface area contributed by atoms with Gasteiger partial charge in [-0.2, -0.15) is 0 Å². The number of hydrogen-bond acceptors (Lipinski definition) is 1. The highest BCUT2D eigenvalue weighted by Gasteiger charge is 2.56. The molecule has 0 N–H and O–H groups in total. The van der Waals surface area contributed by atoms with Crippen LogP contribution in [-0.4, -0.2) is 11.3 Å². The summed E-state index contributed by atoms with van der Waals surface area (Å²) in [6.07, 6.45) is 4.77. The Balaban J connectivity index is 1.20. The lowest BCUT2D eigenvalue weighted by Crippen LogP contribution is -2.53. The third kappa shape index (κ3) is 4.80. The van der Waals surface area contributed by atoms with Crippen molar-refractivity contribution in [3.05, 3.63) is 165 Å². The van der Waals surface area contributed by atoms with Crippen LogP contribution in [0.15, 0.2) is 121 Å². The molecule has 4 aliphatic carbocycles. The van der Waals surface area contributed by atoms with Crippen molar-refractivity contribution in [1.82, 2.24) is 4.48 Å². The van der Waals surface area contributed by atoms with Crippen LogP contribution in [0.3, 0.4) is 0 Å². The fraction of sp³-hybridized carbons (Fsp3) is 0.344. The third-order valence-corrected chi connectivity index (χ3v) is 19.1. The molecule has 1 aromatic heterocycles. The minimum Gasteiger partial charge on any atom is -0.376 e. The van der Waals surface area contributed by atoms with Gasteiger partial charge in [0.05, 0.1) is 0 Å². The van der Waals surface area contributed by atoms with E-state index in [1.807, 2.05) is 0 Å². The molecule has 0 unspecified atom stereocenters. The Hall–Kier alpha value is -5.80. The molecule has 332 valence electrons. The molecular formula is C64H63BN2. The van der Waals surface area contributed by atoms with Gasteiger partial charge in [0.15, 0.2) is 0 Å². The Morgan fingerprint density at radius 1 is 0.448 bits per heavy atom. The molecule has 0 saturated heterocycles. The predicted molar refractivity (Wildman–Crippen MR) is 286 cm³/mol. The molecule has 3 heteroatoms. The lowest BCUT2D eigenvalue weighted by atomic mass is 9.40. The summed E-state index contributed by atoms with van der Waals surface area (Å²) >= 11 is 0. The molecule has 6 aliphatic rings. The molecule has 0 atom stereocenters. The highest BCUT2D eigenvalue weighted by Crippen LogP contribution is 2.63. The fourth-order valence-corrected chi connectivity index (χ4v) is 15.1. The smallest absolute Gasteiger partial charge is 0.329 e. The first kappa shape index (κ1) is 40.3. The van der Waals surface area contributed by atoms with Crippen LogP contribution in [0.4, 0.5) is 11.4 Å². The van der Waals surface area contributed by atoms with E-state index in [9.17, 15) is 0 Å². The van der Waals surface area contributed by atoms with Gasteiger partial charge >= 0.3 is 6.85 Å². The highest BCUT2D eigenvalue weighted by atomic mass is 15.2. The second-order valence-electron chi connectivity index (χ2n) is 25.4. The first-order valence-corrected chi connectivity index (χ1v) is 25.4. The molecule has 0 bridgehead atoms. The van der Waals surface area contributed by atoms with Gasteiger partial charge in [-0.05, 0) is 155 Å². The maximum Gasteiger partial charge on any atom is 0.329 e. The molecule has 0 spiro atoms. The van der Waals surface area contributed by atoms with Gasteiger partial charge in [0, 0.05) is 60.8 Å². The molecule has 67 heavy (non-hydrogen) atoms. The summed E-state index contributed by atoms with van der Waals surface area (Å²) < 4.78 is 2.84. The Labute approximate surface area is 398 Å². The molecule has 3 heterocycles. The number of allylic oxidation sites excluding steroid dienone is 1. The number of anilines is 2. The predicted octanol–water partition coefficient (Wildman–Crippen LogP) is 16.1. The van der Waals surface area contributed by atoms with Crippen molar-refractivity contribution in [2.24, 2.45) is 0 Å². The average Bonchev–Trinajstić information content (AvgIpc) is 3.85. The summed E-state index contributed by atoms with van der Waals surface area (Å²) in [5, 5.41) is 5.36. The largest absolute Gasteiger partial charge is 0.376 e. The molecule has 0 amide bonds. The summed E-state index contributed by atoms with van der Waals surface area (Å²) in [5.41, 5.74) is 27.1. The monoisotopic (exact) mass is 871 g/mol. The molecular weight excluding hydrogens is 808 g/mol. The van der Waals surface area contributed by atoms with Crippen molar-refractivity contribution in [2.75, 3.05) is 4.90 Å². The van der Waals surface area contributed by atoms with E-state index in [0.717, 1.165) is 0 Å². The van der Waals surface area contributed by atoms with Crippen LogP contribution in [0.25, 0.3) is 60.5 Å². The number of aromatic nitrogens is 1. The van der Waals surface area contributed by atoms with E-state index in [2.05, 4.69) is 208 Å². The van der Waals surface area contributed by atoms with E-state index in [0.29, 0.717) is 0 Å².